The van der Waals surface area contributed by atoms with Crippen molar-refractivity contribution < 1.29 is 27.1 Å². The van der Waals surface area contributed by atoms with Gasteiger partial charge in [-0.1, -0.05) is 11.6 Å². The van der Waals surface area contributed by atoms with Crippen LogP contribution in [0.25, 0.3) is 0 Å². The molecule has 0 amide bonds. The van der Waals surface area contributed by atoms with Crippen LogP contribution < -0.4 is 0 Å². The van der Waals surface area contributed by atoms with E-state index in [4.69, 9.17) is 31.8 Å². The van der Waals surface area contributed by atoms with Gasteiger partial charge < -0.3 is 9.47 Å². The minimum absolute atomic E-state index is 0.0240. The fourth-order valence-corrected chi connectivity index (χ4v) is 3.40. The van der Waals surface area contributed by atoms with E-state index in [0.717, 1.165) is 18.9 Å². The molecule has 5 nitrogen and oxygen atoms in total. The molecule has 0 radical (unpaired) electrons. The Morgan fingerprint density at radius 2 is 2.19 bits per heavy atom. The van der Waals surface area contributed by atoms with Gasteiger partial charge in [0, 0.05) is 17.3 Å². The number of esters is 1. The molecule has 1 aromatic rings. The molecule has 21 heavy (non-hydrogen) atoms. The minimum atomic E-state index is -4.20. The summed E-state index contributed by atoms with van der Waals surface area (Å²) in [6.07, 6.45) is 1.39. The summed E-state index contributed by atoms with van der Waals surface area (Å²) in [5.41, 5.74) is -0.545. The Balaban J connectivity index is 2.20. The average molecular weight is 357 g/mol. The van der Waals surface area contributed by atoms with Crippen molar-refractivity contribution in [3.05, 3.63) is 28.5 Å². The van der Waals surface area contributed by atoms with Crippen molar-refractivity contribution in [2.45, 2.75) is 23.8 Å². The molecule has 9 heteroatoms. The van der Waals surface area contributed by atoms with Gasteiger partial charge in [0.05, 0.1) is 16.7 Å². The normalized spacial score (nSPS) is 18.7. The number of hydrogen-bond acceptors (Lipinski definition) is 5. The van der Waals surface area contributed by atoms with Crippen LogP contribution in [0, 0.1) is 5.82 Å². The van der Waals surface area contributed by atoms with Crippen LogP contribution in [0.3, 0.4) is 0 Å². The van der Waals surface area contributed by atoms with Gasteiger partial charge in [0.2, 0.25) is 0 Å². The molecular formula is C12H11Cl2FO5S. The molecule has 1 unspecified atom stereocenters. The van der Waals surface area contributed by atoms with Gasteiger partial charge >= 0.3 is 5.97 Å². The lowest BCUT2D eigenvalue weighted by Gasteiger charge is -2.11. The molecule has 116 valence electrons. The fourth-order valence-electron chi connectivity index (χ4n) is 1.89. The summed E-state index contributed by atoms with van der Waals surface area (Å²) in [4.78, 5) is 11.3. The Bertz CT molecular complexity index is 656. The molecule has 1 saturated heterocycles. The number of ether oxygens (including phenoxy) is 2. The van der Waals surface area contributed by atoms with Crippen molar-refractivity contribution in [1.82, 2.24) is 0 Å². The molecule has 0 bridgehead atoms. The molecular weight excluding hydrogens is 346 g/mol. The number of benzene rings is 1. The third-order valence-electron chi connectivity index (χ3n) is 2.93. The van der Waals surface area contributed by atoms with Crippen LogP contribution in [-0.4, -0.2) is 33.7 Å². The molecule has 1 aliphatic heterocycles. The van der Waals surface area contributed by atoms with Crippen molar-refractivity contribution in [2.75, 3.05) is 13.2 Å². The Labute approximate surface area is 130 Å². The highest BCUT2D eigenvalue weighted by Crippen LogP contribution is 2.28. The summed E-state index contributed by atoms with van der Waals surface area (Å²) in [5, 5.41) is -0.404. The van der Waals surface area contributed by atoms with Gasteiger partial charge in [0.1, 0.15) is 17.3 Å². The Hall–Kier alpha value is -0.890. The lowest BCUT2D eigenvalue weighted by atomic mass is 10.2. The van der Waals surface area contributed by atoms with Crippen LogP contribution in [0.2, 0.25) is 5.02 Å². The summed E-state index contributed by atoms with van der Waals surface area (Å²) >= 11 is 5.60. The smallest absolute Gasteiger partial charge is 0.341 e. The van der Waals surface area contributed by atoms with E-state index in [1.165, 1.54) is 0 Å². The lowest BCUT2D eigenvalue weighted by Crippen LogP contribution is -2.18. The standard InChI is InChI=1S/C12H11Cl2FO5S/c13-9-5-10(15)8(4-11(9)21(14,17)18)12(16)20-6-7-2-1-3-19-7/h4-5,7H,1-3,6H2. The Morgan fingerprint density at radius 1 is 1.48 bits per heavy atom. The van der Waals surface area contributed by atoms with Crippen LogP contribution in [0.4, 0.5) is 4.39 Å². The zero-order chi connectivity index (χ0) is 15.6. The third-order valence-corrected chi connectivity index (χ3v) is 4.72. The maximum atomic E-state index is 13.7. The summed E-state index contributed by atoms with van der Waals surface area (Å²) in [5.74, 6) is -1.98. The second-order valence-corrected chi connectivity index (χ2v) is 7.38. The topological polar surface area (TPSA) is 69.7 Å². The summed E-state index contributed by atoms with van der Waals surface area (Å²) in [7, 11) is 0.971. The highest BCUT2D eigenvalue weighted by molar-refractivity contribution is 8.13. The van der Waals surface area contributed by atoms with Gasteiger partial charge in [-0.15, -0.1) is 0 Å². The molecule has 1 atom stereocenters. The second kappa shape index (κ2) is 6.48. The zero-order valence-corrected chi connectivity index (χ0v) is 13.0. The first-order valence-electron chi connectivity index (χ1n) is 6.01. The molecule has 1 fully saturated rings. The summed E-state index contributed by atoms with van der Waals surface area (Å²) in [6.45, 7) is 0.565. The minimum Gasteiger partial charge on any atom is -0.459 e. The number of hydrogen-bond donors (Lipinski definition) is 0. The van der Waals surface area contributed by atoms with E-state index in [9.17, 15) is 17.6 Å². The van der Waals surface area contributed by atoms with Gasteiger partial charge in [0.25, 0.3) is 9.05 Å². The SMILES string of the molecule is O=C(OCC1CCCO1)c1cc(S(=O)(=O)Cl)c(Cl)cc1F. The molecule has 0 saturated carbocycles. The number of halogens is 3. The summed E-state index contributed by atoms with van der Waals surface area (Å²) < 4.78 is 46.5. The number of carbonyl (C=O) groups excluding carboxylic acids is 1. The van der Waals surface area contributed by atoms with Crippen LogP contribution in [-0.2, 0) is 18.5 Å². The zero-order valence-electron chi connectivity index (χ0n) is 10.6. The highest BCUT2D eigenvalue weighted by atomic mass is 35.7. The molecule has 0 spiro atoms. The van der Waals surface area contributed by atoms with E-state index in [-0.39, 0.29) is 12.7 Å². The molecule has 2 rings (SSSR count). The van der Waals surface area contributed by atoms with Crippen molar-refractivity contribution in [1.29, 1.82) is 0 Å². The van der Waals surface area contributed by atoms with Crippen molar-refractivity contribution in [2.24, 2.45) is 0 Å². The van der Waals surface area contributed by atoms with Crippen molar-refractivity contribution in [3.8, 4) is 0 Å². The van der Waals surface area contributed by atoms with Crippen LogP contribution in [0.5, 0.6) is 0 Å². The van der Waals surface area contributed by atoms with E-state index >= 15 is 0 Å². The Kier molecular flexibility index (Phi) is 5.08. The van der Waals surface area contributed by atoms with E-state index in [1.54, 1.807) is 0 Å². The van der Waals surface area contributed by atoms with E-state index in [2.05, 4.69) is 0 Å². The molecule has 0 N–H and O–H groups in total. The number of rotatable bonds is 4. The number of carbonyl (C=O) groups is 1. The van der Waals surface area contributed by atoms with Crippen LogP contribution in [0.1, 0.15) is 23.2 Å². The average Bonchev–Trinajstić information content (AvgIpc) is 2.87. The predicted octanol–water partition coefficient (Wildman–Crippen LogP) is 2.74. The van der Waals surface area contributed by atoms with E-state index in [0.29, 0.717) is 12.7 Å². The molecule has 1 aromatic carbocycles. The molecule has 0 aliphatic carbocycles. The first kappa shape index (κ1) is 16.5. The summed E-state index contributed by atoms with van der Waals surface area (Å²) in [6, 6.07) is 1.47. The molecule has 1 heterocycles. The van der Waals surface area contributed by atoms with E-state index in [1.807, 2.05) is 0 Å². The molecule has 0 aromatic heterocycles. The third kappa shape index (κ3) is 4.06. The van der Waals surface area contributed by atoms with Gasteiger partial charge in [0.15, 0.2) is 0 Å². The highest BCUT2D eigenvalue weighted by Gasteiger charge is 2.24. The van der Waals surface area contributed by atoms with Gasteiger partial charge in [-0.05, 0) is 25.0 Å². The lowest BCUT2D eigenvalue weighted by molar-refractivity contribution is 0.0157. The monoisotopic (exact) mass is 356 g/mol. The second-order valence-electron chi connectivity index (χ2n) is 4.43. The van der Waals surface area contributed by atoms with Crippen LogP contribution in [0.15, 0.2) is 17.0 Å². The van der Waals surface area contributed by atoms with Crippen molar-refractivity contribution in [3.63, 3.8) is 0 Å². The van der Waals surface area contributed by atoms with Gasteiger partial charge in [-0.3, -0.25) is 0 Å². The van der Waals surface area contributed by atoms with E-state index < -0.39 is 36.3 Å². The predicted molar refractivity (Wildman–Crippen MR) is 73.7 cm³/mol. The molecule has 1 aliphatic rings. The van der Waals surface area contributed by atoms with Gasteiger partial charge in [-0.25, -0.2) is 17.6 Å². The largest absolute Gasteiger partial charge is 0.459 e. The first-order chi connectivity index (χ1) is 9.79. The maximum absolute atomic E-state index is 13.7. The van der Waals surface area contributed by atoms with Crippen molar-refractivity contribution >= 4 is 37.3 Å². The fraction of sp³-hybridized carbons (Fsp3) is 0.417. The quantitative estimate of drug-likeness (QED) is 0.612. The van der Waals surface area contributed by atoms with Gasteiger partial charge in [-0.2, -0.15) is 0 Å². The first-order valence-corrected chi connectivity index (χ1v) is 8.70. The van der Waals surface area contributed by atoms with Crippen LogP contribution >= 0.6 is 22.3 Å². The Morgan fingerprint density at radius 3 is 2.76 bits per heavy atom. The maximum Gasteiger partial charge on any atom is 0.341 e.